The van der Waals surface area contributed by atoms with Gasteiger partial charge >= 0.3 is 0 Å². The molecule has 1 N–H and O–H groups in total. The van der Waals surface area contributed by atoms with Crippen molar-refractivity contribution in [1.82, 2.24) is 0 Å². The highest BCUT2D eigenvalue weighted by Gasteiger charge is 2.21. The summed E-state index contributed by atoms with van der Waals surface area (Å²) in [6.07, 6.45) is 0. The Bertz CT molecular complexity index is 1100. The van der Waals surface area contributed by atoms with Crippen molar-refractivity contribution in [1.29, 1.82) is 0 Å². The number of para-hydroxylation sites is 1. The summed E-state index contributed by atoms with van der Waals surface area (Å²) < 4.78 is 26.8. The number of carbonyl (C=O) groups excluding carboxylic acids is 1. The molecular formula is C21H19ClN2O3S. The van der Waals surface area contributed by atoms with Crippen molar-refractivity contribution in [2.45, 2.75) is 11.8 Å². The van der Waals surface area contributed by atoms with Gasteiger partial charge in [-0.15, -0.1) is 0 Å². The van der Waals surface area contributed by atoms with E-state index < -0.39 is 10.0 Å². The van der Waals surface area contributed by atoms with E-state index in [1.54, 1.807) is 36.4 Å². The number of anilines is 2. The molecule has 3 rings (SSSR count). The number of nitrogens with zero attached hydrogens (tertiary/aromatic N) is 1. The number of hydrogen-bond donors (Lipinski definition) is 1. The molecule has 0 heterocycles. The molecule has 0 bridgehead atoms. The van der Waals surface area contributed by atoms with Gasteiger partial charge in [-0.2, -0.15) is 0 Å². The number of halogens is 1. The topological polar surface area (TPSA) is 66.5 Å². The fourth-order valence-electron chi connectivity index (χ4n) is 2.64. The zero-order valence-electron chi connectivity index (χ0n) is 15.4. The molecule has 144 valence electrons. The van der Waals surface area contributed by atoms with Gasteiger partial charge in [-0.3, -0.25) is 9.10 Å². The number of hydrogen-bond acceptors (Lipinski definition) is 3. The van der Waals surface area contributed by atoms with E-state index in [2.05, 4.69) is 5.32 Å². The van der Waals surface area contributed by atoms with Gasteiger partial charge < -0.3 is 5.32 Å². The van der Waals surface area contributed by atoms with Crippen molar-refractivity contribution in [3.63, 3.8) is 0 Å². The van der Waals surface area contributed by atoms with Crippen molar-refractivity contribution >= 4 is 38.9 Å². The van der Waals surface area contributed by atoms with Gasteiger partial charge in [-0.1, -0.05) is 35.9 Å². The van der Waals surface area contributed by atoms with Gasteiger partial charge in [-0.05, 0) is 61.0 Å². The van der Waals surface area contributed by atoms with Gasteiger partial charge in [-0.25, -0.2) is 8.42 Å². The summed E-state index contributed by atoms with van der Waals surface area (Å²) in [6, 6.07) is 19.8. The molecular weight excluding hydrogens is 396 g/mol. The molecule has 0 atom stereocenters. The molecule has 0 aromatic heterocycles. The maximum atomic E-state index is 12.8. The summed E-state index contributed by atoms with van der Waals surface area (Å²) in [5.74, 6) is -0.342. The molecule has 1 amide bonds. The number of nitrogens with one attached hydrogen (secondary N) is 1. The van der Waals surface area contributed by atoms with Crippen LogP contribution in [0.1, 0.15) is 15.9 Å². The number of aryl methyl sites for hydroxylation is 1. The summed E-state index contributed by atoms with van der Waals surface area (Å²) in [5.41, 5.74) is 2.39. The Morgan fingerprint density at radius 3 is 2.25 bits per heavy atom. The number of carbonyl (C=O) groups is 1. The van der Waals surface area contributed by atoms with Gasteiger partial charge in [0.1, 0.15) is 0 Å². The lowest BCUT2D eigenvalue weighted by atomic mass is 10.1. The van der Waals surface area contributed by atoms with Crippen molar-refractivity contribution in [2.75, 3.05) is 16.7 Å². The Kier molecular flexibility index (Phi) is 5.72. The van der Waals surface area contributed by atoms with E-state index in [1.165, 1.54) is 35.6 Å². The lowest BCUT2D eigenvalue weighted by Gasteiger charge is -2.19. The minimum atomic E-state index is -3.72. The average molecular weight is 415 g/mol. The van der Waals surface area contributed by atoms with Crippen LogP contribution in [-0.2, 0) is 10.0 Å². The van der Waals surface area contributed by atoms with Gasteiger partial charge in [0.25, 0.3) is 15.9 Å². The van der Waals surface area contributed by atoms with Crippen LogP contribution in [0.5, 0.6) is 0 Å². The van der Waals surface area contributed by atoms with Gasteiger partial charge in [0.15, 0.2) is 0 Å². The molecule has 0 aliphatic carbocycles. The summed E-state index contributed by atoms with van der Waals surface area (Å²) in [7, 11) is -2.23. The first-order chi connectivity index (χ1) is 13.3. The summed E-state index contributed by atoms with van der Waals surface area (Å²) in [4.78, 5) is 12.6. The predicted octanol–water partition coefficient (Wildman–Crippen LogP) is 4.73. The number of benzene rings is 3. The third-order valence-corrected chi connectivity index (χ3v) is 6.38. The summed E-state index contributed by atoms with van der Waals surface area (Å²) in [5, 5.41) is 3.31. The number of amides is 1. The Hall–Kier alpha value is -2.83. The first-order valence-corrected chi connectivity index (χ1v) is 10.3. The second-order valence-corrected chi connectivity index (χ2v) is 8.65. The largest absolute Gasteiger partial charge is 0.322 e. The molecule has 0 fully saturated rings. The standard InChI is InChI=1S/C21H19ClN2O3S/c1-15-8-11-17(22)14-20(15)23-21(25)16-9-12-19(13-10-16)28(26,27)24(2)18-6-4-3-5-7-18/h3-14H,1-2H3,(H,23,25). The lowest BCUT2D eigenvalue weighted by molar-refractivity contribution is 0.102. The zero-order valence-corrected chi connectivity index (χ0v) is 17.0. The van der Waals surface area contributed by atoms with Crippen molar-refractivity contribution in [3.8, 4) is 0 Å². The highest BCUT2D eigenvalue weighted by Crippen LogP contribution is 2.23. The second kappa shape index (κ2) is 8.04. The fourth-order valence-corrected chi connectivity index (χ4v) is 4.00. The highest BCUT2D eigenvalue weighted by molar-refractivity contribution is 7.92. The van der Waals surface area contributed by atoms with E-state index in [0.717, 1.165) is 5.56 Å². The maximum Gasteiger partial charge on any atom is 0.264 e. The molecule has 7 heteroatoms. The van der Waals surface area contributed by atoms with Gasteiger partial charge in [0.2, 0.25) is 0 Å². The molecule has 0 radical (unpaired) electrons. The molecule has 3 aromatic rings. The third-order valence-electron chi connectivity index (χ3n) is 4.34. The van der Waals surface area contributed by atoms with Crippen molar-refractivity contribution in [2.24, 2.45) is 0 Å². The van der Waals surface area contributed by atoms with Gasteiger partial charge in [0.05, 0.1) is 10.6 Å². The van der Waals surface area contributed by atoms with E-state index in [1.807, 2.05) is 19.1 Å². The van der Waals surface area contributed by atoms with Crippen molar-refractivity contribution < 1.29 is 13.2 Å². The number of sulfonamides is 1. The van der Waals surface area contributed by atoms with Crippen molar-refractivity contribution in [3.05, 3.63) is 88.9 Å². The lowest BCUT2D eigenvalue weighted by Crippen LogP contribution is -2.26. The third kappa shape index (κ3) is 4.18. The first kappa shape index (κ1) is 19.9. The van der Waals surface area contributed by atoms with Crippen LogP contribution in [0.15, 0.2) is 77.7 Å². The van der Waals surface area contributed by atoms with Crippen LogP contribution in [0.3, 0.4) is 0 Å². The van der Waals surface area contributed by atoms with Crippen LogP contribution in [0.2, 0.25) is 5.02 Å². The quantitative estimate of drug-likeness (QED) is 0.656. The van der Waals surface area contributed by atoms with Crippen LogP contribution in [-0.4, -0.2) is 21.4 Å². The van der Waals surface area contributed by atoms with Crippen LogP contribution in [0.25, 0.3) is 0 Å². The van der Waals surface area contributed by atoms with E-state index >= 15 is 0 Å². The van der Waals surface area contributed by atoms with E-state index in [9.17, 15) is 13.2 Å². The maximum absolute atomic E-state index is 12.8. The van der Waals surface area contributed by atoms with E-state index in [-0.39, 0.29) is 10.8 Å². The SMILES string of the molecule is Cc1ccc(Cl)cc1NC(=O)c1ccc(S(=O)(=O)N(C)c2ccccc2)cc1. The van der Waals surface area contributed by atoms with Gasteiger partial charge in [0, 0.05) is 23.3 Å². The Labute approximate surface area is 169 Å². The molecule has 0 saturated carbocycles. The molecule has 0 aliphatic rings. The monoisotopic (exact) mass is 414 g/mol. The molecule has 0 saturated heterocycles. The molecule has 0 spiro atoms. The molecule has 0 unspecified atom stereocenters. The minimum Gasteiger partial charge on any atom is -0.322 e. The molecule has 3 aromatic carbocycles. The summed E-state index contributed by atoms with van der Waals surface area (Å²) >= 11 is 5.97. The van der Waals surface area contributed by atoms with Crippen LogP contribution in [0, 0.1) is 6.92 Å². The van der Waals surface area contributed by atoms with Crippen LogP contribution >= 0.6 is 11.6 Å². The summed E-state index contributed by atoms with van der Waals surface area (Å²) in [6.45, 7) is 1.86. The smallest absolute Gasteiger partial charge is 0.264 e. The Morgan fingerprint density at radius 1 is 0.964 bits per heavy atom. The second-order valence-electron chi connectivity index (χ2n) is 6.25. The highest BCUT2D eigenvalue weighted by atomic mass is 35.5. The molecule has 0 aliphatic heterocycles. The fraction of sp³-hybridized carbons (Fsp3) is 0.0952. The Morgan fingerprint density at radius 2 is 1.61 bits per heavy atom. The molecule has 5 nitrogen and oxygen atoms in total. The van der Waals surface area contributed by atoms with E-state index in [4.69, 9.17) is 11.6 Å². The zero-order chi connectivity index (χ0) is 20.3. The van der Waals surface area contributed by atoms with Crippen LogP contribution < -0.4 is 9.62 Å². The molecule has 28 heavy (non-hydrogen) atoms. The normalized spacial score (nSPS) is 11.1. The number of rotatable bonds is 5. The van der Waals surface area contributed by atoms with E-state index in [0.29, 0.717) is 22.0 Å². The minimum absolute atomic E-state index is 0.106. The predicted molar refractivity (Wildman–Crippen MR) is 113 cm³/mol. The average Bonchev–Trinajstić information content (AvgIpc) is 2.71. The Balaban J connectivity index is 1.81. The first-order valence-electron chi connectivity index (χ1n) is 8.50. The van der Waals surface area contributed by atoms with Crippen LogP contribution in [0.4, 0.5) is 11.4 Å².